The van der Waals surface area contributed by atoms with Crippen molar-refractivity contribution in [3.8, 4) is 0 Å². The molecule has 1 saturated heterocycles. The molecular formula is C10H18N2O4S. The SMILES string of the molecule is O=C(NCC1CCCCS1)N[C@H](CO)C(=O)O. The molecule has 0 aliphatic carbocycles. The molecule has 1 fully saturated rings. The van der Waals surface area contributed by atoms with Crippen LogP contribution in [0.3, 0.4) is 0 Å². The lowest BCUT2D eigenvalue weighted by molar-refractivity contribution is -0.140. The standard InChI is InChI=1S/C10H18N2O4S/c13-6-8(9(14)15)12-10(16)11-5-7-3-1-2-4-17-7/h7-8,13H,1-6H2,(H,14,15)(H2,11,12,16)/t7?,8-/m1/s1. The number of carboxylic acids is 1. The molecule has 98 valence electrons. The molecule has 1 aliphatic heterocycles. The fraction of sp³-hybridized carbons (Fsp3) is 0.800. The minimum atomic E-state index is -1.24. The van der Waals surface area contributed by atoms with Gasteiger partial charge in [0.15, 0.2) is 6.04 Å². The minimum Gasteiger partial charge on any atom is -0.480 e. The molecule has 0 aromatic rings. The molecule has 6 nitrogen and oxygen atoms in total. The maximum atomic E-state index is 11.4. The number of carbonyl (C=O) groups is 2. The fourth-order valence-corrected chi connectivity index (χ4v) is 2.81. The summed E-state index contributed by atoms with van der Waals surface area (Å²) in [5.41, 5.74) is 0. The van der Waals surface area contributed by atoms with Gasteiger partial charge in [0.1, 0.15) is 0 Å². The first kappa shape index (κ1) is 14.1. The van der Waals surface area contributed by atoms with Gasteiger partial charge >= 0.3 is 12.0 Å². The maximum absolute atomic E-state index is 11.4. The summed E-state index contributed by atoms with van der Waals surface area (Å²) >= 11 is 1.83. The lowest BCUT2D eigenvalue weighted by Crippen LogP contribution is -2.49. The van der Waals surface area contributed by atoms with Gasteiger partial charge in [-0.1, -0.05) is 6.42 Å². The normalized spacial score (nSPS) is 21.6. The monoisotopic (exact) mass is 262 g/mol. The van der Waals surface area contributed by atoms with Crippen molar-refractivity contribution in [2.75, 3.05) is 18.9 Å². The van der Waals surface area contributed by atoms with Crippen LogP contribution in [0, 0.1) is 0 Å². The molecule has 4 N–H and O–H groups in total. The van der Waals surface area contributed by atoms with E-state index in [1.807, 2.05) is 11.8 Å². The van der Waals surface area contributed by atoms with Gasteiger partial charge in [0.05, 0.1) is 6.61 Å². The number of carbonyl (C=O) groups excluding carboxylic acids is 1. The predicted octanol–water partition coefficient (Wildman–Crippen LogP) is 0.0168. The quantitative estimate of drug-likeness (QED) is 0.560. The summed E-state index contributed by atoms with van der Waals surface area (Å²) in [4.78, 5) is 21.9. The highest BCUT2D eigenvalue weighted by Gasteiger charge is 2.19. The molecular weight excluding hydrogens is 244 g/mol. The molecule has 0 saturated carbocycles. The second-order valence-corrected chi connectivity index (χ2v) is 5.32. The Kier molecular flexibility index (Phi) is 6.13. The lowest BCUT2D eigenvalue weighted by Gasteiger charge is -2.22. The van der Waals surface area contributed by atoms with E-state index < -0.39 is 24.6 Å². The summed E-state index contributed by atoms with van der Waals surface area (Å²) in [7, 11) is 0. The first-order chi connectivity index (χ1) is 8.13. The Morgan fingerprint density at radius 2 is 2.18 bits per heavy atom. The van der Waals surface area contributed by atoms with Gasteiger partial charge in [0.2, 0.25) is 0 Å². The van der Waals surface area contributed by atoms with Crippen molar-refractivity contribution in [3.63, 3.8) is 0 Å². The van der Waals surface area contributed by atoms with Crippen LogP contribution < -0.4 is 10.6 Å². The smallest absolute Gasteiger partial charge is 0.328 e. The van der Waals surface area contributed by atoms with Crippen LogP contribution in [0.2, 0.25) is 0 Å². The number of rotatable bonds is 5. The zero-order chi connectivity index (χ0) is 12.7. The number of hydrogen-bond acceptors (Lipinski definition) is 4. The van der Waals surface area contributed by atoms with Gasteiger partial charge in [-0.15, -0.1) is 0 Å². The van der Waals surface area contributed by atoms with E-state index in [1.54, 1.807) is 0 Å². The molecule has 0 bridgehead atoms. The van der Waals surface area contributed by atoms with Gasteiger partial charge in [0, 0.05) is 11.8 Å². The molecule has 0 radical (unpaired) electrons. The predicted molar refractivity (Wildman–Crippen MR) is 65.1 cm³/mol. The Morgan fingerprint density at radius 1 is 1.41 bits per heavy atom. The Hall–Kier alpha value is -0.950. The number of urea groups is 1. The number of nitrogens with one attached hydrogen (secondary N) is 2. The Balaban J connectivity index is 2.21. The number of hydrogen-bond donors (Lipinski definition) is 4. The minimum absolute atomic E-state index is 0.409. The van der Waals surface area contributed by atoms with Crippen molar-refractivity contribution >= 4 is 23.8 Å². The van der Waals surface area contributed by atoms with Gasteiger partial charge in [-0.3, -0.25) is 0 Å². The summed E-state index contributed by atoms with van der Waals surface area (Å²) in [6.07, 6.45) is 3.47. The van der Waals surface area contributed by atoms with Crippen LogP contribution in [0.4, 0.5) is 4.79 Å². The van der Waals surface area contributed by atoms with Crippen molar-refractivity contribution in [2.45, 2.75) is 30.6 Å². The van der Waals surface area contributed by atoms with Crippen molar-refractivity contribution in [1.29, 1.82) is 0 Å². The molecule has 7 heteroatoms. The Bertz CT molecular complexity index is 269. The van der Waals surface area contributed by atoms with Gasteiger partial charge in [-0.05, 0) is 18.6 Å². The van der Waals surface area contributed by atoms with Crippen molar-refractivity contribution in [2.24, 2.45) is 0 Å². The Morgan fingerprint density at radius 3 is 2.71 bits per heavy atom. The van der Waals surface area contributed by atoms with E-state index in [9.17, 15) is 9.59 Å². The summed E-state index contributed by atoms with van der Waals surface area (Å²) in [6.45, 7) is -0.0742. The average molecular weight is 262 g/mol. The van der Waals surface area contributed by atoms with Crippen LogP contribution in [-0.2, 0) is 4.79 Å². The van der Waals surface area contributed by atoms with Crippen LogP contribution in [0.1, 0.15) is 19.3 Å². The van der Waals surface area contributed by atoms with E-state index in [2.05, 4.69) is 10.6 Å². The van der Waals surface area contributed by atoms with E-state index in [1.165, 1.54) is 12.8 Å². The summed E-state index contributed by atoms with van der Waals surface area (Å²) in [5, 5.41) is 22.6. The second kappa shape index (κ2) is 7.39. The zero-order valence-corrected chi connectivity index (χ0v) is 10.3. The van der Waals surface area contributed by atoms with Gasteiger partial charge < -0.3 is 20.8 Å². The van der Waals surface area contributed by atoms with Crippen molar-refractivity contribution in [3.05, 3.63) is 0 Å². The van der Waals surface area contributed by atoms with Gasteiger partial charge in [0.25, 0.3) is 0 Å². The molecule has 1 heterocycles. The number of aliphatic hydroxyl groups excluding tert-OH is 1. The maximum Gasteiger partial charge on any atom is 0.328 e. The third kappa shape index (κ3) is 5.27. The van der Waals surface area contributed by atoms with Crippen LogP contribution in [0.15, 0.2) is 0 Å². The summed E-state index contributed by atoms with van der Waals surface area (Å²) in [6, 6.07) is -1.79. The first-order valence-electron chi connectivity index (χ1n) is 5.63. The van der Waals surface area contributed by atoms with Crippen molar-refractivity contribution in [1.82, 2.24) is 10.6 Å². The van der Waals surface area contributed by atoms with E-state index >= 15 is 0 Å². The van der Waals surface area contributed by atoms with Crippen LogP contribution in [0.5, 0.6) is 0 Å². The molecule has 1 aliphatic rings. The highest BCUT2D eigenvalue weighted by molar-refractivity contribution is 7.99. The molecule has 0 aromatic carbocycles. The summed E-state index contributed by atoms with van der Waals surface area (Å²) < 4.78 is 0. The molecule has 1 unspecified atom stereocenters. The van der Waals surface area contributed by atoms with Crippen LogP contribution in [0.25, 0.3) is 0 Å². The lowest BCUT2D eigenvalue weighted by atomic mass is 10.2. The third-order valence-electron chi connectivity index (χ3n) is 2.55. The zero-order valence-electron chi connectivity index (χ0n) is 9.52. The van der Waals surface area contributed by atoms with E-state index in [-0.39, 0.29) is 0 Å². The van der Waals surface area contributed by atoms with Gasteiger partial charge in [-0.25, -0.2) is 9.59 Å². The van der Waals surface area contributed by atoms with Gasteiger partial charge in [-0.2, -0.15) is 11.8 Å². The van der Waals surface area contributed by atoms with Crippen molar-refractivity contribution < 1.29 is 19.8 Å². The first-order valence-corrected chi connectivity index (χ1v) is 6.68. The Labute approximate surface area is 104 Å². The van der Waals surface area contributed by atoms with Crippen LogP contribution in [-0.4, -0.2) is 52.4 Å². The van der Waals surface area contributed by atoms with E-state index in [4.69, 9.17) is 10.2 Å². The highest BCUT2D eigenvalue weighted by atomic mass is 32.2. The highest BCUT2D eigenvalue weighted by Crippen LogP contribution is 2.24. The summed E-state index contributed by atoms with van der Waals surface area (Å²) in [5.74, 6) is -0.128. The number of thioether (sulfide) groups is 1. The molecule has 2 amide bonds. The number of aliphatic hydroxyl groups is 1. The fourth-order valence-electron chi connectivity index (χ4n) is 1.57. The number of aliphatic carboxylic acids is 1. The molecule has 1 rings (SSSR count). The van der Waals surface area contributed by atoms with Crippen LogP contribution >= 0.6 is 11.8 Å². The number of amides is 2. The molecule has 2 atom stereocenters. The average Bonchev–Trinajstić information content (AvgIpc) is 2.34. The third-order valence-corrected chi connectivity index (χ3v) is 3.95. The number of carboxylic acid groups (broad SMARTS) is 1. The molecule has 0 spiro atoms. The topological polar surface area (TPSA) is 98.7 Å². The molecule has 17 heavy (non-hydrogen) atoms. The van der Waals surface area contributed by atoms with E-state index in [0.29, 0.717) is 11.8 Å². The molecule has 0 aromatic heterocycles. The largest absolute Gasteiger partial charge is 0.480 e. The van der Waals surface area contributed by atoms with E-state index in [0.717, 1.165) is 12.2 Å². The second-order valence-electron chi connectivity index (χ2n) is 3.92.